The van der Waals surface area contributed by atoms with Crippen molar-refractivity contribution in [1.82, 2.24) is 15.1 Å². The van der Waals surface area contributed by atoms with Gasteiger partial charge in [0.25, 0.3) is 0 Å². The third-order valence-electron chi connectivity index (χ3n) is 8.54. The molecular weight excluding hydrogens is 566 g/mol. The minimum Gasteiger partial charge on any atom is -0.488 e. The number of fused-ring (bicyclic) bond motifs is 2. The lowest BCUT2D eigenvalue weighted by atomic mass is 9.96. The molecule has 1 saturated carbocycles. The molecule has 1 fully saturated rings. The summed E-state index contributed by atoms with van der Waals surface area (Å²) in [5, 5.41) is 18.7. The number of amides is 5. The molecule has 3 atom stereocenters. The van der Waals surface area contributed by atoms with Crippen LogP contribution in [0, 0.1) is 5.92 Å². The van der Waals surface area contributed by atoms with E-state index < -0.39 is 18.2 Å². The highest BCUT2D eigenvalue weighted by Crippen LogP contribution is 2.34. The molecule has 3 aliphatic rings. The number of likely N-dealkylation sites (N-methyl/N-ethyl adjacent to an activating group) is 1. The van der Waals surface area contributed by atoms with Crippen molar-refractivity contribution in [3.05, 3.63) is 42.0 Å². The first-order valence-corrected chi connectivity index (χ1v) is 15.4. The number of rotatable bonds is 7. The van der Waals surface area contributed by atoms with Crippen LogP contribution < -0.4 is 30.2 Å². The van der Waals surface area contributed by atoms with Crippen molar-refractivity contribution >= 4 is 29.3 Å². The van der Waals surface area contributed by atoms with Gasteiger partial charge in [0.15, 0.2) is 11.5 Å². The topological polar surface area (TPSA) is 142 Å². The van der Waals surface area contributed by atoms with E-state index in [1.165, 1.54) is 6.42 Å². The summed E-state index contributed by atoms with van der Waals surface area (Å²) in [6.45, 7) is 4.43. The van der Waals surface area contributed by atoms with Gasteiger partial charge in [-0.2, -0.15) is 0 Å². The smallest absolute Gasteiger partial charge is 0.323 e. The average molecular weight is 610 g/mol. The first kappa shape index (κ1) is 31.2. The van der Waals surface area contributed by atoms with Crippen LogP contribution in [-0.4, -0.2) is 84.6 Å². The summed E-state index contributed by atoms with van der Waals surface area (Å²) in [6, 6.07) is 9.49. The maximum Gasteiger partial charge on any atom is 0.323 e. The van der Waals surface area contributed by atoms with Gasteiger partial charge in [0.1, 0.15) is 11.9 Å². The zero-order valence-corrected chi connectivity index (χ0v) is 25.6. The second-order valence-corrected chi connectivity index (χ2v) is 12.0. The third-order valence-corrected chi connectivity index (χ3v) is 8.54. The van der Waals surface area contributed by atoms with Gasteiger partial charge in [-0.05, 0) is 50.1 Å². The van der Waals surface area contributed by atoms with E-state index >= 15 is 0 Å². The predicted octanol–water partition coefficient (Wildman–Crippen LogP) is 4.18. The van der Waals surface area contributed by atoms with Crippen LogP contribution in [-0.2, 0) is 11.2 Å². The quantitative estimate of drug-likeness (QED) is 0.369. The molecule has 44 heavy (non-hydrogen) atoms. The number of benzene rings is 2. The average Bonchev–Trinajstić information content (AvgIpc) is 3.49. The number of aliphatic hydroxyl groups is 1. The van der Waals surface area contributed by atoms with Gasteiger partial charge >= 0.3 is 12.1 Å². The van der Waals surface area contributed by atoms with Gasteiger partial charge in [-0.3, -0.25) is 4.79 Å². The Kier molecular flexibility index (Phi) is 9.99. The molecule has 0 spiro atoms. The summed E-state index contributed by atoms with van der Waals surface area (Å²) >= 11 is 0. The Hall–Kier alpha value is -4.19. The second-order valence-electron chi connectivity index (χ2n) is 12.0. The highest BCUT2D eigenvalue weighted by molar-refractivity contribution is 6.00. The summed E-state index contributed by atoms with van der Waals surface area (Å²) in [4.78, 5) is 42.7. The summed E-state index contributed by atoms with van der Waals surface area (Å²) in [5.41, 5.74) is 1.61. The van der Waals surface area contributed by atoms with Crippen molar-refractivity contribution < 1.29 is 33.7 Å². The van der Waals surface area contributed by atoms with Crippen LogP contribution in [0.15, 0.2) is 36.4 Å². The normalized spacial score (nSPS) is 20.7. The Morgan fingerprint density at radius 1 is 1.02 bits per heavy atom. The van der Waals surface area contributed by atoms with Gasteiger partial charge in [0.2, 0.25) is 12.7 Å². The van der Waals surface area contributed by atoms with Gasteiger partial charge in [-0.1, -0.05) is 26.2 Å². The second kappa shape index (κ2) is 14.1. The molecule has 5 amide bonds. The zero-order chi connectivity index (χ0) is 31.2. The summed E-state index contributed by atoms with van der Waals surface area (Å²) in [5.74, 6) is 1.38. The molecule has 0 aromatic heterocycles. The molecule has 2 aromatic rings. The predicted molar refractivity (Wildman–Crippen MR) is 165 cm³/mol. The molecule has 238 valence electrons. The largest absolute Gasteiger partial charge is 0.488 e. The molecule has 4 N–H and O–H groups in total. The van der Waals surface area contributed by atoms with E-state index in [-0.39, 0.29) is 43.7 Å². The number of nitrogens with one attached hydrogen (secondary N) is 3. The number of urea groups is 2. The maximum atomic E-state index is 13.5. The molecule has 12 heteroatoms. The van der Waals surface area contributed by atoms with Gasteiger partial charge in [0, 0.05) is 48.6 Å². The summed E-state index contributed by atoms with van der Waals surface area (Å²) in [7, 11) is 1.76. The first-order valence-electron chi connectivity index (χ1n) is 15.4. The third kappa shape index (κ3) is 7.65. The Labute approximate surface area is 258 Å². The highest BCUT2D eigenvalue weighted by atomic mass is 16.7. The van der Waals surface area contributed by atoms with Crippen molar-refractivity contribution in [1.29, 1.82) is 0 Å². The Balaban J connectivity index is 1.32. The van der Waals surface area contributed by atoms with Crippen molar-refractivity contribution in [2.45, 2.75) is 70.6 Å². The Bertz CT molecular complexity index is 1350. The molecular formula is C32H43N5O7. The zero-order valence-electron chi connectivity index (χ0n) is 25.6. The Morgan fingerprint density at radius 3 is 2.43 bits per heavy atom. The van der Waals surface area contributed by atoms with Crippen LogP contribution in [0.25, 0.3) is 0 Å². The summed E-state index contributed by atoms with van der Waals surface area (Å²) < 4.78 is 17.2. The molecule has 0 bridgehead atoms. The van der Waals surface area contributed by atoms with Crippen molar-refractivity contribution in [2.24, 2.45) is 5.92 Å². The molecule has 1 aliphatic carbocycles. The van der Waals surface area contributed by atoms with Crippen LogP contribution >= 0.6 is 0 Å². The molecule has 12 nitrogen and oxygen atoms in total. The number of hydrogen-bond donors (Lipinski definition) is 4. The van der Waals surface area contributed by atoms with E-state index in [4.69, 9.17) is 14.2 Å². The number of anilines is 2. The molecule has 2 aliphatic heterocycles. The van der Waals surface area contributed by atoms with E-state index in [1.54, 1.807) is 53.2 Å². The van der Waals surface area contributed by atoms with E-state index in [1.807, 2.05) is 13.8 Å². The number of ether oxygens (including phenoxy) is 3. The lowest BCUT2D eigenvalue weighted by Crippen LogP contribution is -2.50. The van der Waals surface area contributed by atoms with E-state index in [9.17, 15) is 19.5 Å². The van der Waals surface area contributed by atoms with Crippen molar-refractivity contribution in [3.8, 4) is 17.2 Å². The van der Waals surface area contributed by atoms with Gasteiger partial charge in [0.05, 0.1) is 25.6 Å². The first-order chi connectivity index (χ1) is 21.2. The van der Waals surface area contributed by atoms with Crippen molar-refractivity contribution in [3.63, 3.8) is 0 Å². The summed E-state index contributed by atoms with van der Waals surface area (Å²) in [6.07, 6.45) is 5.03. The van der Waals surface area contributed by atoms with Gasteiger partial charge < -0.3 is 45.1 Å². The minimum atomic E-state index is -0.466. The fourth-order valence-electron chi connectivity index (χ4n) is 5.88. The fraction of sp³-hybridized carbons (Fsp3) is 0.531. The number of aliphatic hydroxyl groups excluding tert-OH is 1. The highest BCUT2D eigenvalue weighted by Gasteiger charge is 2.32. The lowest BCUT2D eigenvalue weighted by molar-refractivity contribution is -0.134. The standard InChI is InChI=1S/C32H43N5O7/c1-20-16-37(21(2)18-38)30(39)14-22-13-24(33-31(40)34-25-10-12-27-28(15-25)43-19-42-27)9-11-26(22)44-29(20)17-36(3)32(41)35-23-7-5-4-6-8-23/h9-13,15,20-21,23,29,38H,4-8,14,16-19H2,1-3H3,(H,35,41)(H2,33,34,40)/t20-,21+,29+/m1/s1. The van der Waals surface area contributed by atoms with Crippen LogP contribution in [0.1, 0.15) is 51.5 Å². The molecule has 0 saturated heterocycles. The number of carbonyl (C=O) groups is 3. The van der Waals surface area contributed by atoms with Crippen LogP contribution in [0.2, 0.25) is 0 Å². The molecule has 2 heterocycles. The van der Waals surface area contributed by atoms with Crippen LogP contribution in [0.3, 0.4) is 0 Å². The molecule has 0 radical (unpaired) electrons. The number of carbonyl (C=O) groups excluding carboxylic acids is 3. The lowest BCUT2D eigenvalue weighted by Gasteiger charge is -2.34. The SMILES string of the molecule is C[C@@H]1CN([C@@H](C)CO)C(=O)Cc2cc(NC(=O)Nc3ccc4c(c3)OCO4)ccc2O[C@H]1CN(C)C(=O)NC1CCCCC1. The van der Waals surface area contributed by atoms with Crippen LogP contribution in [0.5, 0.6) is 17.2 Å². The van der Waals surface area contributed by atoms with Crippen molar-refractivity contribution in [2.75, 3.05) is 44.2 Å². The molecule has 0 unspecified atom stereocenters. The molecule has 5 rings (SSSR count). The Morgan fingerprint density at radius 2 is 1.70 bits per heavy atom. The minimum absolute atomic E-state index is 0.0242. The van der Waals surface area contributed by atoms with E-state index in [0.717, 1.165) is 25.7 Å². The van der Waals surface area contributed by atoms with E-state index in [2.05, 4.69) is 16.0 Å². The van der Waals surface area contributed by atoms with Gasteiger partial charge in [-0.15, -0.1) is 0 Å². The van der Waals surface area contributed by atoms with Crippen LogP contribution in [0.4, 0.5) is 21.0 Å². The number of nitrogens with zero attached hydrogens (tertiary/aromatic N) is 2. The monoisotopic (exact) mass is 609 g/mol. The number of hydrogen-bond acceptors (Lipinski definition) is 7. The van der Waals surface area contributed by atoms with E-state index in [0.29, 0.717) is 47.3 Å². The maximum absolute atomic E-state index is 13.5. The van der Waals surface area contributed by atoms with Gasteiger partial charge in [-0.25, -0.2) is 9.59 Å². The fourth-order valence-corrected chi connectivity index (χ4v) is 5.88. The molecule has 2 aromatic carbocycles.